The molecule has 2 aromatic carbocycles. The van der Waals surface area contributed by atoms with Crippen molar-refractivity contribution in [2.45, 2.75) is 13.8 Å². The summed E-state index contributed by atoms with van der Waals surface area (Å²) in [7, 11) is 0. The SMILES string of the molecule is Cc1nn(-c2ccccc2)c(C)c1NC(=O)COC(=O)/C=C/c1ccc2ccccc2n1. The molecule has 0 aliphatic carbocycles. The average molecular weight is 426 g/mol. The predicted molar refractivity (Wildman–Crippen MR) is 123 cm³/mol. The first-order chi connectivity index (χ1) is 15.5. The quantitative estimate of drug-likeness (QED) is 0.368. The summed E-state index contributed by atoms with van der Waals surface area (Å²) >= 11 is 0. The van der Waals surface area contributed by atoms with Gasteiger partial charge in [-0.1, -0.05) is 42.5 Å². The van der Waals surface area contributed by atoms with Crippen LogP contribution in [0, 0.1) is 13.8 Å². The highest BCUT2D eigenvalue weighted by Crippen LogP contribution is 2.22. The van der Waals surface area contributed by atoms with Crippen molar-refractivity contribution in [3.8, 4) is 5.69 Å². The number of hydrogen-bond acceptors (Lipinski definition) is 5. The second-order valence-corrected chi connectivity index (χ2v) is 7.21. The molecule has 1 N–H and O–H groups in total. The van der Waals surface area contributed by atoms with Crippen LogP contribution in [-0.4, -0.2) is 33.2 Å². The summed E-state index contributed by atoms with van der Waals surface area (Å²) in [5.74, 6) is -1.06. The lowest BCUT2D eigenvalue weighted by Crippen LogP contribution is -2.20. The molecule has 0 spiro atoms. The maximum atomic E-state index is 12.3. The maximum absolute atomic E-state index is 12.3. The van der Waals surface area contributed by atoms with Crippen LogP contribution >= 0.6 is 0 Å². The van der Waals surface area contributed by atoms with Crippen molar-refractivity contribution in [1.82, 2.24) is 14.8 Å². The first-order valence-corrected chi connectivity index (χ1v) is 10.1. The Morgan fingerprint density at radius 1 is 1.00 bits per heavy atom. The van der Waals surface area contributed by atoms with E-state index >= 15 is 0 Å². The number of aryl methyl sites for hydroxylation is 1. The van der Waals surface area contributed by atoms with Crippen molar-refractivity contribution >= 4 is 34.5 Å². The van der Waals surface area contributed by atoms with Crippen LogP contribution in [0.1, 0.15) is 17.1 Å². The van der Waals surface area contributed by atoms with Gasteiger partial charge in [-0.3, -0.25) is 4.79 Å². The Labute approximate surface area is 185 Å². The third kappa shape index (κ3) is 4.73. The molecule has 0 saturated heterocycles. The fraction of sp³-hybridized carbons (Fsp3) is 0.120. The summed E-state index contributed by atoms with van der Waals surface area (Å²) in [5.41, 5.74) is 4.43. The van der Waals surface area contributed by atoms with Gasteiger partial charge in [-0.2, -0.15) is 5.10 Å². The zero-order valence-corrected chi connectivity index (χ0v) is 17.8. The van der Waals surface area contributed by atoms with Gasteiger partial charge >= 0.3 is 5.97 Å². The maximum Gasteiger partial charge on any atom is 0.331 e. The lowest BCUT2D eigenvalue weighted by atomic mass is 10.2. The highest BCUT2D eigenvalue weighted by molar-refractivity contribution is 5.95. The summed E-state index contributed by atoms with van der Waals surface area (Å²) in [6.45, 7) is 3.28. The predicted octanol–water partition coefficient (Wildman–Crippen LogP) is 4.23. The van der Waals surface area contributed by atoms with E-state index in [1.54, 1.807) is 10.8 Å². The number of carbonyl (C=O) groups is 2. The number of anilines is 1. The van der Waals surface area contributed by atoms with Gasteiger partial charge in [0, 0.05) is 11.5 Å². The van der Waals surface area contributed by atoms with Gasteiger partial charge in [0.2, 0.25) is 0 Å². The number of carbonyl (C=O) groups excluding carboxylic acids is 2. The molecular weight excluding hydrogens is 404 g/mol. The monoisotopic (exact) mass is 426 g/mol. The van der Waals surface area contributed by atoms with Crippen LogP contribution in [0.25, 0.3) is 22.7 Å². The molecule has 32 heavy (non-hydrogen) atoms. The van der Waals surface area contributed by atoms with Gasteiger partial charge in [0.05, 0.1) is 34.0 Å². The Hall–Kier alpha value is -4.26. The van der Waals surface area contributed by atoms with E-state index in [-0.39, 0.29) is 0 Å². The number of amides is 1. The minimum atomic E-state index is -0.622. The number of fused-ring (bicyclic) bond motifs is 1. The van der Waals surface area contributed by atoms with Crippen molar-refractivity contribution < 1.29 is 14.3 Å². The highest BCUT2D eigenvalue weighted by atomic mass is 16.5. The Morgan fingerprint density at radius 3 is 2.56 bits per heavy atom. The molecule has 7 heteroatoms. The van der Waals surface area contributed by atoms with Gasteiger partial charge in [-0.15, -0.1) is 0 Å². The molecule has 0 aliphatic heterocycles. The van der Waals surface area contributed by atoms with Crippen LogP contribution in [0.15, 0.2) is 72.8 Å². The van der Waals surface area contributed by atoms with Crippen LogP contribution in [-0.2, 0) is 14.3 Å². The molecule has 0 saturated carbocycles. The Kier molecular flexibility index (Phi) is 6.07. The van der Waals surface area contributed by atoms with Gasteiger partial charge in [0.1, 0.15) is 0 Å². The van der Waals surface area contributed by atoms with Crippen LogP contribution in [0.4, 0.5) is 5.69 Å². The number of benzene rings is 2. The minimum absolute atomic E-state index is 0.399. The molecular formula is C25H22N4O3. The van der Waals surface area contributed by atoms with Gasteiger partial charge in [0.15, 0.2) is 6.61 Å². The van der Waals surface area contributed by atoms with Crippen molar-refractivity contribution in [2.24, 2.45) is 0 Å². The molecule has 2 heterocycles. The molecule has 0 unspecified atom stereocenters. The number of ether oxygens (including phenoxy) is 1. The number of para-hydroxylation sites is 2. The summed E-state index contributed by atoms with van der Waals surface area (Å²) in [6.07, 6.45) is 2.82. The molecule has 0 radical (unpaired) electrons. The first kappa shape index (κ1) is 21.0. The fourth-order valence-corrected chi connectivity index (χ4v) is 3.33. The van der Waals surface area contributed by atoms with Crippen LogP contribution in [0.5, 0.6) is 0 Å². The Balaban J connectivity index is 1.35. The highest BCUT2D eigenvalue weighted by Gasteiger charge is 2.16. The van der Waals surface area contributed by atoms with E-state index in [9.17, 15) is 9.59 Å². The normalized spacial score (nSPS) is 11.1. The average Bonchev–Trinajstić information content (AvgIpc) is 3.10. The molecule has 1 amide bonds. The lowest BCUT2D eigenvalue weighted by molar-refractivity contribution is -0.142. The van der Waals surface area contributed by atoms with Crippen LogP contribution in [0.3, 0.4) is 0 Å². The number of rotatable bonds is 6. The van der Waals surface area contributed by atoms with Gasteiger partial charge in [0.25, 0.3) is 5.91 Å². The fourth-order valence-electron chi connectivity index (χ4n) is 3.33. The van der Waals surface area contributed by atoms with Crippen LogP contribution < -0.4 is 5.32 Å². The number of esters is 1. The largest absolute Gasteiger partial charge is 0.452 e. The van der Waals surface area contributed by atoms with Crippen molar-refractivity contribution in [2.75, 3.05) is 11.9 Å². The second-order valence-electron chi connectivity index (χ2n) is 7.21. The van der Waals surface area contributed by atoms with Crippen LogP contribution in [0.2, 0.25) is 0 Å². The van der Waals surface area contributed by atoms with Gasteiger partial charge in [-0.05, 0) is 44.2 Å². The van der Waals surface area contributed by atoms with E-state index in [0.29, 0.717) is 17.1 Å². The molecule has 2 aromatic heterocycles. The summed E-state index contributed by atoms with van der Waals surface area (Å²) in [5, 5.41) is 8.29. The van der Waals surface area contributed by atoms with E-state index in [4.69, 9.17) is 4.74 Å². The third-order valence-electron chi connectivity index (χ3n) is 4.91. The van der Waals surface area contributed by atoms with E-state index in [1.165, 1.54) is 6.08 Å². The summed E-state index contributed by atoms with van der Waals surface area (Å²) in [6, 6.07) is 21.1. The molecule has 7 nitrogen and oxygen atoms in total. The Bertz CT molecular complexity index is 1310. The van der Waals surface area contributed by atoms with Gasteiger partial charge < -0.3 is 10.1 Å². The smallest absolute Gasteiger partial charge is 0.331 e. The number of pyridine rings is 1. The molecule has 160 valence electrons. The Morgan fingerprint density at radius 2 is 1.75 bits per heavy atom. The van der Waals surface area contributed by atoms with Crippen molar-refractivity contribution in [3.63, 3.8) is 0 Å². The molecule has 4 rings (SSSR count). The standard InChI is InChI=1S/C25H22N4O3/c1-17-25(18(2)29(28-17)21-9-4-3-5-10-21)27-23(30)16-32-24(31)15-14-20-13-12-19-8-6-7-11-22(19)26-20/h3-15H,16H2,1-2H3,(H,27,30)/b15-14+. The van der Waals surface area contributed by atoms with Crippen molar-refractivity contribution in [3.05, 3.63) is 89.9 Å². The second kappa shape index (κ2) is 9.26. The summed E-state index contributed by atoms with van der Waals surface area (Å²) in [4.78, 5) is 28.8. The van der Waals surface area contributed by atoms with E-state index in [1.807, 2.05) is 80.6 Å². The summed E-state index contributed by atoms with van der Waals surface area (Å²) < 4.78 is 6.82. The number of hydrogen-bond donors (Lipinski definition) is 1. The lowest BCUT2D eigenvalue weighted by Gasteiger charge is -2.07. The molecule has 0 fully saturated rings. The van der Waals surface area contributed by atoms with E-state index in [2.05, 4.69) is 15.4 Å². The number of aromatic nitrogens is 3. The van der Waals surface area contributed by atoms with E-state index in [0.717, 1.165) is 22.3 Å². The minimum Gasteiger partial charge on any atom is -0.452 e. The third-order valence-corrected chi connectivity index (χ3v) is 4.91. The van der Waals surface area contributed by atoms with Crippen molar-refractivity contribution in [1.29, 1.82) is 0 Å². The molecule has 0 bridgehead atoms. The first-order valence-electron chi connectivity index (χ1n) is 10.1. The topological polar surface area (TPSA) is 86.1 Å². The molecule has 0 atom stereocenters. The zero-order valence-electron chi connectivity index (χ0n) is 17.8. The van der Waals surface area contributed by atoms with E-state index < -0.39 is 18.5 Å². The number of nitrogens with zero attached hydrogens (tertiary/aromatic N) is 3. The molecule has 0 aliphatic rings. The number of nitrogens with one attached hydrogen (secondary N) is 1. The van der Waals surface area contributed by atoms with Gasteiger partial charge in [-0.25, -0.2) is 14.5 Å². The zero-order chi connectivity index (χ0) is 22.5. The molecule has 4 aromatic rings.